The van der Waals surface area contributed by atoms with Gasteiger partial charge in [-0.3, -0.25) is 4.98 Å². The van der Waals surface area contributed by atoms with Gasteiger partial charge in [-0.1, -0.05) is 15.9 Å². The fraction of sp³-hybridized carbons (Fsp3) is 0.0714. The lowest BCUT2D eigenvalue weighted by molar-refractivity contribution is -0.140. The second-order valence-electron chi connectivity index (χ2n) is 4.43. The van der Waals surface area contributed by atoms with Gasteiger partial charge in [-0.15, -0.1) is 0 Å². The Bertz CT molecular complexity index is 868. The largest absolute Gasteiger partial charge is 0.479 e. The van der Waals surface area contributed by atoms with E-state index in [1.54, 1.807) is 18.2 Å². The van der Waals surface area contributed by atoms with Gasteiger partial charge in [-0.2, -0.15) is 23.1 Å². The normalized spacial score (nSPS) is 11.8. The van der Waals surface area contributed by atoms with E-state index in [4.69, 9.17) is 0 Å². The SMILES string of the molecule is Oc1nc(-c2cccnc2C(F)(F)F)c2cc(Br)ccc2n1. The molecule has 0 unspecified atom stereocenters. The molecule has 4 nitrogen and oxygen atoms in total. The summed E-state index contributed by atoms with van der Waals surface area (Å²) in [5, 5.41) is 9.98. The van der Waals surface area contributed by atoms with Crippen molar-refractivity contribution in [2.45, 2.75) is 6.18 Å². The van der Waals surface area contributed by atoms with Gasteiger partial charge in [0.05, 0.1) is 11.2 Å². The number of alkyl halides is 3. The van der Waals surface area contributed by atoms with Crippen molar-refractivity contribution in [3.63, 3.8) is 0 Å². The third-order valence-electron chi connectivity index (χ3n) is 2.98. The minimum Gasteiger partial charge on any atom is -0.479 e. The molecular weight excluding hydrogens is 363 g/mol. The highest BCUT2D eigenvalue weighted by atomic mass is 79.9. The van der Waals surface area contributed by atoms with Crippen LogP contribution in [-0.2, 0) is 6.18 Å². The summed E-state index contributed by atoms with van der Waals surface area (Å²) < 4.78 is 40.1. The molecule has 0 amide bonds. The van der Waals surface area contributed by atoms with Gasteiger partial charge in [0.15, 0.2) is 5.69 Å². The summed E-state index contributed by atoms with van der Waals surface area (Å²) in [6, 6.07) is 6.89. The quantitative estimate of drug-likeness (QED) is 0.698. The summed E-state index contributed by atoms with van der Waals surface area (Å²) in [5.74, 6) is 0. The molecule has 0 bridgehead atoms. The van der Waals surface area contributed by atoms with E-state index in [1.807, 2.05) is 0 Å². The van der Waals surface area contributed by atoms with E-state index >= 15 is 0 Å². The molecule has 8 heteroatoms. The van der Waals surface area contributed by atoms with E-state index in [-0.39, 0.29) is 11.3 Å². The lowest BCUT2D eigenvalue weighted by Crippen LogP contribution is -2.10. The van der Waals surface area contributed by atoms with Gasteiger partial charge in [0.1, 0.15) is 0 Å². The Morgan fingerprint density at radius 3 is 2.59 bits per heavy atom. The van der Waals surface area contributed by atoms with Crippen LogP contribution in [0.1, 0.15) is 5.69 Å². The first kappa shape index (κ1) is 14.7. The van der Waals surface area contributed by atoms with Gasteiger partial charge in [-0.05, 0) is 30.3 Å². The Hall–Kier alpha value is -2.22. The molecule has 0 fully saturated rings. The lowest BCUT2D eigenvalue weighted by atomic mass is 10.0. The van der Waals surface area contributed by atoms with E-state index < -0.39 is 17.9 Å². The summed E-state index contributed by atoms with van der Waals surface area (Å²) in [5.41, 5.74) is -0.961. The number of aromatic nitrogens is 3. The molecule has 0 spiro atoms. The molecule has 2 heterocycles. The van der Waals surface area contributed by atoms with E-state index in [0.717, 1.165) is 6.20 Å². The fourth-order valence-electron chi connectivity index (χ4n) is 2.12. The van der Waals surface area contributed by atoms with Crippen LogP contribution in [0.25, 0.3) is 22.2 Å². The van der Waals surface area contributed by atoms with Crippen LogP contribution in [-0.4, -0.2) is 20.1 Å². The highest BCUT2D eigenvalue weighted by Gasteiger charge is 2.36. The standard InChI is InChI=1S/C14H7BrF3N3O/c15-7-3-4-10-9(6-7)11(21-13(22)20-10)8-2-1-5-19-12(8)14(16,17)18/h1-6H,(H,20,21,22). The third-order valence-corrected chi connectivity index (χ3v) is 3.47. The highest BCUT2D eigenvalue weighted by molar-refractivity contribution is 9.10. The molecule has 22 heavy (non-hydrogen) atoms. The van der Waals surface area contributed by atoms with E-state index in [2.05, 4.69) is 30.9 Å². The number of halogens is 4. The van der Waals surface area contributed by atoms with Crippen LogP contribution in [0, 0.1) is 0 Å². The summed E-state index contributed by atoms with van der Waals surface area (Å²) in [4.78, 5) is 11.0. The second kappa shape index (κ2) is 5.20. The van der Waals surface area contributed by atoms with Crippen molar-refractivity contribution in [2.24, 2.45) is 0 Å². The van der Waals surface area contributed by atoms with Crippen LogP contribution < -0.4 is 0 Å². The van der Waals surface area contributed by atoms with Crippen molar-refractivity contribution in [3.05, 3.63) is 46.7 Å². The summed E-state index contributed by atoms with van der Waals surface area (Å²) >= 11 is 3.26. The lowest BCUT2D eigenvalue weighted by Gasteiger charge is -2.12. The van der Waals surface area contributed by atoms with Gasteiger partial charge in [0.2, 0.25) is 0 Å². The van der Waals surface area contributed by atoms with Crippen molar-refractivity contribution < 1.29 is 18.3 Å². The Labute approximate surface area is 130 Å². The van der Waals surface area contributed by atoms with Crippen LogP contribution in [0.4, 0.5) is 13.2 Å². The van der Waals surface area contributed by atoms with Crippen molar-refractivity contribution in [1.82, 2.24) is 15.0 Å². The minimum atomic E-state index is -4.63. The molecule has 0 radical (unpaired) electrons. The zero-order valence-corrected chi connectivity index (χ0v) is 12.4. The van der Waals surface area contributed by atoms with Crippen LogP contribution in [0.3, 0.4) is 0 Å². The highest BCUT2D eigenvalue weighted by Crippen LogP contribution is 2.37. The molecule has 0 saturated heterocycles. The smallest absolute Gasteiger partial charge is 0.434 e. The zero-order chi connectivity index (χ0) is 15.9. The Balaban J connectivity index is 2.38. The fourth-order valence-corrected chi connectivity index (χ4v) is 2.48. The van der Waals surface area contributed by atoms with Crippen molar-refractivity contribution in [2.75, 3.05) is 0 Å². The van der Waals surface area contributed by atoms with E-state index in [1.165, 1.54) is 12.1 Å². The number of benzene rings is 1. The van der Waals surface area contributed by atoms with Gasteiger partial charge >= 0.3 is 12.2 Å². The predicted molar refractivity (Wildman–Crippen MR) is 77.1 cm³/mol. The number of nitrogens with zero attached hydrogens (tertiary/aromatic N) is 3. The summed E-state index contributed by atoms with van der Waals surface area (Å²) in [7, 11) is 0. The third kappa shape index (κ3) is 2.61. The second-order valence-corrected chi connectivity index (χ2v) is 5.35. The molecule has 3 aromatic rings. The number of hydrogen-bond acceptors (Lipinski definition) is 4. The molecule has 0 aliphatic heterocycles. The van der Waals surface area contributed by atoms with Gasteiger partial charge in [-0.25, -0.2) is 0 Å². The number of fused-ring (bicyclic) bond motifs is 1. The molecule has 0 saturated carbocycles. The molecule has 0 atom stereocenters. The predicted octanol–water partition coefficient (Wildman–Crippen LogP) is 4.18. The summed E-state index contributed by atoms with van der Waals surface area (Å²) in [6.07, 6.45) is -3.57. The number of rotatable bonds is 1. The molecule has 0 aliphatic rings. The van der Waals surface area contributed by atoms with Crippen molar-refractivity contribution in [3.8, 4) is 17.3 Å². The van der Waals surface area contributed by atoms with Gasteiger partial charge in [0.25, 0.3) is 0 Å². The van der Waals surface area contributed by atoms with E-state index in [9.17, 15) is 18.3 Å². The molecule has 1 N–H and O–H groups in total. The zero-order valence-electron chi connectivity index (χ0n) is 10.8. The topological polar surface area (TPSA) is 58.9 Å². The maximum absolute atomic E-state index is 13.1. The summed E-state index contributed by atoms with van der Waals surface area (Å²) in [6.45, 7) is 0. The maximum atomic E-state index is 13.1. The number of pyridine rings is 1. The van der Waals surface area contributed by atoms with Crippen LogP contribution >= 0.6 is 15.9 Å². The molecule has 0 aliphatic carbocycles. The van der Waals surface area contributed by atoms with Crippen LogP contribution in [0.2, 0.25) is 0 Å². The molecular formula is C14H7BrF3N3O. The number of hydrogen-bond donors (Lipinski definition) is 1. The number of aromatic hydroxyl groups is 1. The molecule has 3 rings (SSSR count). The van der Waals surface area contributed by atoms with Gasteiger partial charge < -0.3 is 5.11 Å². The van der Waals surface area contributed by atoms with Crippen LogP contribution in [0.15, 0.2) is 41.0 Å². The first-order chi connectivity index (χ1) is 10.4. The Morgan fingerprint density at radius 1 is 1.09 bits per heavy atom. The Kier molecular flexibility index (Phi) is 3.48. The van der Waals surface area contributed by atoms with Crippen LogP contribution in [0.5, 0.6) is 6.01 Å². The molecule has 2 aromatic heterocycles. The van der Waals surface area contributed by atoms with E-state index in [0.29, 0.717) is 15.4 Å². The average molecular weight is 370 g/mol. The van der Waals surface area contributed by atoms with Gasteiger partial charge in [0, 0.05) is 21.6 Å². The minimum absolute atomic E-state index is 0.0239. The molecule has 112 valence electrons. The first-order valence-electron chi connectivity index (χ1n) is 6.05. The monoisotopic (exact) mass is 369 g/mol. The average Bonchev–Trinajstić information content (AvgIpc) is 2.46. The van der Waals surface area contributed by atoms with Crippen molar-refractivity contribution >= 4 is 26.8 Å². The molecule has 1 aromatic carbocycles. The Morgan fingerprint density at radius 2 is 1.86 bits per heavy atom. The van der Waals surface area contributed by atoms with Crippen molar-refractivity contribution in [1.29, 1.82) is 0 Å². The first-order valence-corrected chi connectivity index (χ1v) is 6.84. The maximum Gasteiger partial charge on any atom is 0.434 e.